The van der Waals surface area contributed by atoms with Crippen molar-refractivity contribution in [3.8, 4) is 0 Å². The number of sulfonamides is 1. The molecule has 0 bridgehead atoms. The zero-order chi connectivity index (χ0) is 14.9. The first kappa shape index (κ1) is 13.6. The Bertz CT molecular complexity index is 887. The molecule has 0 saturated heterocycles. The fourth-order valence-corrected chi connectivity index (χ4v) is 2.92. The maximum atomic E-state index is 12.3. The van der Waals surface area contributed by atoms with Gasteiger partial charge in [0.25, 0.3) is 16.0 Å². The van der Waals surface area contributed by atoms with E-state index >= 15 is 0 Å². The van der Waals surface area contributed by atoms with Gasteiger partial charge in [-0.15, -0.1) is 0 Å². The number of anilines is 1. The van der Waals surface area contributed by atoms with Crippen molar-refractivity contribution in [3.05, 3.63) is 48.4 Å². The molecule has 0 fully saturated rings. The molecule has 0 spiro atoms. The second kappa shape index (κ2) is 5.17. The third-order valence-corrected chi connectivity index (χ3v) is 4.35. The normalized spacial score (nSPS) is 11.7. The van der Waals surface area contributed by atoms with Crippen LogP contribution in [0.2, 0.25) is 0 Å². The standard InChI is InChI=1S/C14H13N3O3S/c1-2-13-15-14(16-20-13)17-21(18,19)12-8-7-10-5-3-4-6-11(10)9-12/h3-9H,2H2,1H3,(H,16,17). The van der Waals surface area contributed by atoms with Gasteiger partial charge in [0.05, 0.1) is 4.90 Å². The van der Waals surface area contributed by atoms with Gasteiger partial charge >= 0.3 is 0 Å². The largest absolute Gasteiger partial charge is 0.337 e. The molecule has 0 saturated carbocycles. The molecule has 108 valence electrons. The van der Waals surface area contributed by atoms with Gasteiger partial charge in [0.1, 0.15) is 0 Å². The molecule has 0 aliphatic carbocycles. The molecular weight excluding hydrogens is 290 g/mol. The van der Waals surface area contributed by atoms with Crippen LogP contribution in [0.4, 0.5) is 5.95 Å². The van der Waals surface area contributed by atoms with Crippen molar-refractivity contribution < 1.29 is 12.9 Å². The lowest BCUT2D eigenvalue weighted by molar-refractivity contribution is 0.383. The summed E-state index contributed by atoms with van der Waals surface area (Å²) < 4.78 is 31.8. The molecule has 7 heteroatoms. The van der Waals surface area contributed by atoms with Gasteiger partial charge in [-0.05, 0) is 28.1 Å². The highest BCUT2D eigenvalue weighted by Crippen LogP contribution is 2.20. The average molecular weight is 303 g/mol. The van der Waals surface area contributed by atoms with E-state index in [9.17, 15) is 8.42 Å². The van der Waals surface area contributed by atoms with Crippen LogP contribution >= 0.6 is 0 Å². The Balaban J connectivity index is 1.95. The van der Waals surface area contributed by atoms with Crippen molar-refractivity contribution in [3.63, 3.8) is 0 Å². The third kappa shape index (κ3) is 2.73. The molecule has 1 N–H and O–H groups in total. The van der Waals surface area contributed by atoms with E-state index in [-0.39, 0.29) is 10.8 Å². The van der Waals surface area contributed by atoms with E-state index in [2.05, 4.69) is 14.9 Å². The fraction of sp³-hybridized carbons (Fsp3) is 0.143. The lowest BCUT2D eigenvalue weighted by atomic mass is 10.1. The second-order valence-corrected chi connectivity index (χ2v) is 6.16. The molecule has 0 aliphatic rings. The zero-order valence-corrected chi connectivity index (χ0v) is 12.1. The Kier molecular flexibility index (Phi) is 3.34. The monoisotopic (exact) mass is 303 g/mol. The van der Waals surface area contributed by atoms with Crippen LogP contribution in [0.3, 0.4) is 0 Å². The van der Waals surface area contributed by atoms with Crippen LogP contribution in [0, 0.1) is 0 Å². The molecule has 3 rings (SSSR count). The number of fused-ring (bicyclic) bond motifs is 1. The Hall–Kier alpha value is -2.41. The highest BCUT2D eigenvalue weighted by molar-refractivity contribution is 7.92. The summed E-state index contributed by atoms with van der Waals surface area (Å²) in [6, 6.07) is 12.5. The van der Waals surface area contributed by atoms with Crippen LogP contribution in [0.1, 0.15) is 12.8 Å². The number of rotatable bonds is 4. The molecule has 0 unspecified atom stereocenters. The maximum absolute atomic E-state index is 12.3. The van der Waals surface area contributed by atoms with Gasteiger partial charge in [-0.25, -0.2) is 13.1 Å². The van der Waals surface area contributed by atoms with E-state index in [0.29, 0.717) is 12.3 Å². The van der Waals surface area contributed by atoms with Crippen molar-refractivity contribution in [1.29, 1.82) is 0 Å². The second-order valence-electron chi connectivity index (χ2n) is 4.48. The number of nitrogens with zero attached hydrogens (tertiary/aromatic N) is 2. The molecule has 1 heterocycles. The van der Waals surface area contributed by atoms with Crippen LogP contribution in [-0.4, -0.2) is 18.6 Å². The smallest absolute Gasteiger partial charge is 0.277 e. The van der Waals surface area contributed by atoms with Crippen molar-refractivity contribution >= 4 is 26.7 Å². The van der Waals surface area contributed by atoms with E-state index in [0.717, 1.165) is 10.8 Å². The number of benzene rings is 2. The van der Waals surface area contributed by atoms with E-state index in [1.165, 1.54) is 0 Å². The maximum Gasteiger partial charge on any atom is 0.277 e. The van der Waals surface area contributed by atoms with Crippen LogP contribution in [-0.2, 0) is 16.4 Å². The van der Waals surface area contributed by atoms with Crippen molar-refractivity contribution in [2.75, 3.05) is 4.72 Å². The zero-order valence-electron chi connectivity index (χ0n) is 11.3. The summed E-state index contributed by atoms with van der Waals surface area (Å²) in [5, 5.41) is 5.41. The van der Waals surface area contributed by atoms with E-state index in [4.69, 9.17) is 4.52 Å². The van der Waals surface area contributed by atoms with Crippen LogP contribution in [0.25, 0.3) is 10.8 Å². The Morgan fingerprint density at radius 1 is 1.14 bits per heavy atom. The van der Waals surface area contributed by atoms with Crippen LogP contribution < -0.4 is 4.72 Å². The summed E-state index contributed by atoms with van der Waals surface area (Å²) in [5.74, 6) is 0.325. The molecule has 1 aromatic heterocycles. The number of aromatic nitrogens is 2. The highest BCUT2D eigenvalue weighted by Gasteiger charge is 2.17. The van der Waals surface area contributed by atoms with E-state index in [1.807, 2.05) is 31.2 Å². The molecule has 21 heavy (non-hydrogen) atoms. The number of hydrogen-bond acceptors (Lipinski definition) is 5. The summed E-state index contributed by atoms with van der Waals surface area (Å²) in [7, 11) is -3.73. The first-order valence-electron chi connectivity index (χ1n) is 6.43. The third-order valence-electron chi connectivity index (χ3n) is 3.03. The molecule has 0 amide bonds. The first-order chi connectivity index (χ1) is 10.1. The minimum Gasteiger partial charge on any atom is -0.337 e. The summed E-state index contributed by atoms with van der Waals surface area (Å²) in [6.45, 7) is 1.84. The predicted molar refractivity (Wildman–Crippen MR) is 78.4 cm³/mol. The SMILES string of the molecule is CCc1nc(NS(=O)(=O)c2ccc3ccccc3c2)no1. The molecule has 0 radical (unpaired) electrons. The first-order valence-corrected chi connectivity index (χ1v) is 7.91. The van der Waals surface area contributed by atoms with E-state index in [1.54, 1.807) is 18.2 Å². The molecule has 0 aliphatic heterocycles. The molecule has 2 aromatic carbocycles. The minimum atomic E-state index is -3.73. The summed E-state index contributed by atoms with van der Waals surface area (Å²) in [4.78, 5) is 4.09. The van der Waals surface area contributed by atoms with Gasteiger partial charge in [0.15, 0.2) is 0 Å². The quantitative estimate of drug-likeness (QED) is 0.800. The lowest BCUT2D eigenvalue weighted by Crippen LogP contribution is -2.13. The summed E-state index contributed by atoms with van der Waals surface area (Å²) in [6.07, 6.45) is 0.546. The molecule has 6 nitrogen and oxygen atoms in total. The highest BCUT2D eigenvalue weighted by atomic mass is 32.2. The van der Waals surface area contributed by atoms with Gasteiger partial charge in [-0.3, -0.25) is 0 Å². The average Bonchev–Trinajstić information content (AvgIpc) is 2.93. The number of hydrogen-bond donors (Lipinski definition) is 1. The molecule has 3 aromatic rings. The molecular formula is C14H13N3O3S. The Morgan fingerprint density at radius 2 is 1.90 bits per heavy atom. The fourth-order valence-electron chi connectivity index (χ4n) is 1.95. The van der Waals surface area contributed by atoms with Crippen molar-refractivity contribution in [1.82, 2.24) is 10.1 Å². The van der Waals surface area contributed by atoms with E-state index < -0.39 is 10.0 Å². The summed E-state index contributed by atoms with van der Waals surface area (Å²) >= 11 is 0. The number of aryl methyl sites for hydroxylation is 1. The summed E-state index contributed by atoms with van der Waals surface area (Å²) in [5.41, 5.74) is 0. The Morgan fingerprint density at radius 3 is 2.62 bits per heavy atom. The van der Waals surface area contributed by atoms with Gasteiger partial charge in [-0.1, -0.05) is 37.3 Å². The minimum absolute atomic E-state index is 0.0555. The predicted octanol–water partition coefficient (Wildman–Crippen LogP) is 2.59. The topological polar surface area (TPSA) is 85.1 Å². The van der Waals surface area contributed by atoms with Gasteiger partial charge in [0.2, 0.25) is 5.89 Å². The van der Waals surface area contributed by atoms with Crippen LogP contribution in [0.5, 0.6) is 0 Å². The number of nitrogens with one attached hydrogen (secondary N) is 1. The van der Waals surface area contributed by atoms with Gasteiger partial charge in [-0.2, -0.15) is 4.98 Å². The van der Waals surface area contributed by atoms with Crippen LogP contribution in [0.15, 0.2) is 51.9 Å². The van der Waals surface area contributed by atoms with Crippen molar-refractivity contribution in [2.45, 2.75) is 18.2 Å². The van der Waals surface area contributed by atoms with Gasteiger partial charge < -0.3 is 4.52 Å². The van der Waals surface area contributed by atoms with Crippen molar-refractivity contribution in [2.24, 2.45) is 0 Å². The molecule has 0 atom stereocenters. The Labute approximate surface area is 121 Å². The van der Waals surface area contributed by atoms with Gasteiger partial charge in [0, 0.05) is 6.42 Å². The lowest BCUT2D eigenvalue weighted by Gasteiger charge is -2.05.